The first kappa shape index (κ1) is 11.2. The third kappa shape index (κ3) is 2.00. The van der Waals surface area contributed by atoms with Gasteiger partial charge in [-0.15, -0.1) is 0 Å². The van der Waals surface area contributed by atoms with Gasteiger partial charge in [0, 0.05) is 31.2 Å². The van der Waals surface area contributed by atoms with Crippen LogP contribution in [0.4, 0.5) is 5.69 Å². The predicted molar refractivity (Wildman–Crippen MR) is 67.3 cm³/mol. The van der Waals surface area contributed by atoms with E-state index in [0.717, 1.165) is 22.3 Å². The molecule has 4 nitrogen and oxygen atoms in total. The van der Waals surface area contributed by atoms with Crippen molar-refractivity contribution in [2.45, 2.75) is 0 Å². The zero-order chi connectivity index (χ0) is 12.4. The second kappa shape index (κ2) is 4.30. The summed E-state index contributed by atoms with van der Waals surface area (Å²) < 4.78 is 5.16. The zero-order valence-electron chi connectivity index (χ0n) is 10.1. The first-order valence-electron chi connectivity index (χ1n) is 5.22. The van der Waals surface area contributed by atoms with E-state index in [4.69, 9.17) is 10.00 Å². The smallest absolute Gasteiger partial charge is 0.143 e. The van der Waals surface area contributed by atoms with Crippen LogP contribution in [0.2, 0.25) is 0 Å². The fourth-order valence-electron chi connectivity index (χ4n) is 1.74. The molecule has 0 atom stereocenters. The first-order valence-corrected chi connectivity index (χ1v) is 5.22. The molecule has 17 heavy (non-hydrogen) atoms. The van der Waals surface area contributed by atoms with Gasteiger partial charge < -0.3 is 9.64 Å². The third-order valence-corrected chi connectivity index (χ3v) is 2.59. The maximum Gasteiger partial charge on any atom is 0.143 e. The molecule has 0 spiro atoms. The van der Waals surface area contributed by atoms with Crippen molar-refractivity contribution in [3.8, 4) is 11.8 Å². The second-order valence-electron chi connectivity index (χ2n) is 3.92. The van der Waals surface area contributed by atoms with Crippen LogP contribution in [-0.4, -0.2) is 26.2 Å². The average Bonchev–Trinajstić information content (AvgIpc) is 2.36. The first-order chi connectivity index (χ1) is 8.15. The van der Waals surface area contributed by atoms with Gasteiger partial charge in [0.05, 0.1) is 12.6 Å². The molecule has 1 aromatic carbocycles. The van der Waals surface area contributed by atoms with E-state index < -0.39 is 0 Å². The van der Waals surface area contributed by atoms with Crippen LogP contribution in [0, 0.1) is 11.3 Å². The number of methoxy groups -OCH3 is 1. The topological polar surface area (TPSA) is 49.1 Å². The largest absolute Gasteiger partial charge is 0.497 e. The standard InChI is InChI=1S/C13H13N3O/c1-16(2)13-6-9(8-14)15-12-7-10(17-3)4-5-11(12)13/h4-7H,1-3H3. The second-order valence-corrected chi connectivity index (χ2v) is 3.92. The van der Waals surface area contributed by atoms with E-state index in [2.05, 4.69) is 11.1 Å². The van der Waals surface area contributed by atoms with Gasteiger partial charge in [0.1, 0.15) is 17.5 Å². The number of rotatable bonds is 2. The molecule has 0 amide bonds. The summed E-state index contributed by atoms with van der Waals surface area (Å²) in [5.74, 6) is 0.741. The van der Waals surface area contributed by atoms with Crippen LogP contribution in [0.25, 0.3) is 10.9 Å². The Bertz CT molecular complexity index is 599. The summed E-state index contributed by atoms with van der Waals surface area (Å²) in [6.07, 6.45) is 0. The Hall–Kier alpha value is -2.28. The van der Waals surface area contributed by atoms with Crippen LogP contribution >= 0.6 is 0 Å². The van der Waals surface area contributed by atoms with Crippen LogP contribution in [-0.2, 0) is 0 Å². The molecule has 0 saturated carbocycles. The van der Waals surface area contributed by atoms with Gasteiger partial charge in [-0.25, -0.2) is 4.98 Å². The molecular formula is C13H13N3O. The van der Waals surface area contributed by atoms with Crippen molar-refractivity contribution in [3.05, 3.63) is 30.0 Å². The van der Waals surface area contributed by atoms with Crippen LogP contribution in [0.5, 0.6) is 5.75 Å². The highest BCUT2D eigenvalue weighted by Gasteiger charge is 2.08. The summed E-state index contributed by atoms with van der Waals surface area (Å²) in [5, 5.41) is 9.98. The lowest BCUT2D eigenvalue weighted by molar-refractivity contribution is 0.415. The van der Waals surface area contributed by atoms with Crippen molar-refractivity contribution in [2.75, 3.05) is 26.1 Å². The summed E-state index contributed by atoms with van der Waals surface area (Å²) in [7, 11) is 5.50. The Kier molecular flexibility index (Phi) is 2.84. The number of fused-ring (bicyclic) bond motifs is 1. The molecule has 4 heteroatoms. The molecule has 2 rings (SSSR count). The van der Waals surface area contributed by atoms with Crippen molar-refractivity contribution in [1.82, 2.24) is 4.98 Å². The Morgan fingerprint density at radius 2 is 2.06 bits per heavy atom. The highest BCUT2D eigenvalue weighted by molar-refractivity contribution is 5.93. The summed E-state index contributed by atoms with van der Waals surface area (Å²) >= 11 is 0. The Balaban J connectivity index is 2.77. The summed E-state index contributed by atoms with van der Waals surface area (Å²) in [6, 6.07) is 9.54. The minimum atomic E-state index is 0.412. The van der Waals surface area contributed by atoms with Gasteiger partial charge in [-0.3, -0.25) is 0 Å². The van der Waals surface area contributed by atoms with E-state index in [0.29, 0.717) is 5.69 Å². The lowest BCUT2D eigenvalue weighted by Gasteiger charge is -2.15. The maximum atomic E-state index is 8.97. The SMILES string of the molecule is COc1ccc2c(N(C)C)cc(C#N)nc2c1. The lowest BCUT2D eigenvalue weighted by atomic mass is 10.1. The van der Waals surface area contributed by atoms with Gasteiger partial charge in [0.15, 0.2) is 0 Å². The summed E-state index contributed by atoms with van der Waals surface area (Å²) in [4.78, 5) is 6.25. The van der Waals surface area contributed by atoms with Crippen LogP contribution in [0.1, 0.15) is 5.69 Å². The number of pyridine rings is 1. The van der Waals surface area contributed by atoms with E-state index in [1.165, 1.54) is 0 Å². The summed E-state index contributed by atoms with van der Waals surface area (Å²) in [6.45, 7) is 0. The zero-order valence-corrected chi connectivity index (χ0v) is 10.1. The van der Waals surface area contributed by atoms with Crippen molar-refractivity contribution in [2.24, 2.45) is 0 Å². The molecule has 0 aliphatic rings. The third-order valence-electron chi connectivity index (χ3n) is 2.59. The molecule has 0 radical (unpaired) electrons. The number of ether oxygens (including phenoxy) is 1. The molecular weight excluding hydrogens is 214 g/mol. The predicted octanol–water partition coefficient (Wildman–Crippen LogP) is 2.18. The molecule has 86 valence electrons. The van der Waals surface area contributed by atoms with Crippen LogP contribution in [0.3, 0.4) is 0 Å². The fraction of sp³-hybridized carbons (Fsp3) is 0.231. The van der Waals surface area contributed by atoms with Gasteiger partial charge in [0.25, 0.3) is 0 Å². The monoisotopic (exact) mass is 227 g/mol. The number of nitriles is 1. The number of nitrogens with zero attached hydrogens (tertiary/aromatic N) is 3. The number of hydrogen-bond acceptors (Lipinski definition) is 4. The van der Waals surface area contributed by atoms with Crippen molar-refractivity contribution in [1.29, 1.82) is 5.26 Å². The molecule has 0 aliphatic carbocycles. The molecule has 0 bridgehead atoms. The molecule has 2 aromatic rings. The highest BCUT2D eigenvalue weighted by Crippen LogP contribution is 2.28. The minimum Gasteiger partial charge on any atom is -0.497 e. The molecule has 0 fully saturated rings. The van der Waals surface area contributed by atoms with Gasteiger partial charge in [-0.1, -0.05) is 0 Å². The van der Waals surface area contributed by atoms with E-state index >= 15 is 0 Å². The molecule has 0 aliphatic heterocycles. The van der Waals surface area contributed by atoms with Crippen molar-refractivity contribution >= 4 is 16.6 Å². The Morgan fingerprint density at radius 1 is 1.29 bits per heavy atom. The van der Waals surface area contributed by atoms with E-state index in [-0.39, 0.29) is 0 Å². The molecule has 0 unspecified atom stereocenters. The van der Waals surface area contributed by atoms with Crippen molar-refractivity contribution in [3.63, 3.8) is 0 Å². The van der Waals surface area contributed by atoms with Crippen molar-refractivity contribution < 1.29 is 4.74 Å². The average molecular weight is 227 g/mol. The number of anilines is 1. The maximum absolute atomic E-state index is 8.97. The fourth-order valence-corrected chi connectivity index (χ4v) is 1.74. The summed E-state index contributed by atoms with van der Waals surface area (Å²) in [5.41, 5.74) is 2.16. The molecule has 0 N–H and O–H groups in total. The molecule has 1 aromatic heterocycles. The Morgan fingerprint density at radius 3 is 2.65 bits per heavy atom. The van der Waals surface area contributed by atoms with Crippen LogP contribution < -0.4 is 9.64 Å². The molecule has 1 heterocycles. The Labute approximate surface area is 100 Å². The minimum absolute atomic E-state index is 0.412. The van der Waals surface area contributed by atoms with Gasteiger partial charge >= 0.3 is 0 Å². The van der Waals surface area contributed by atoms with E-state index in [1.807, 2.05) is 37.2 Å². The van der Waals surface area contributed by atoms with E-state index in [9.17, 15) is 0 Å². The number of aromatic nitrogens is 1. The van der Waals surface area contributed by atoms with E-state index in [1.54, 1.807) is 13.2 Å². The quantitative estimate of drug-likeness (QED) is 0.789. The van der Waals surface area contributed by atoms with Crippen LogP contribution in [0.15, 0.2) is 24.3 Å². The lowest BCUT2D eigenvalue weighted by Crippen LogP contribution is -2.10. The number of benzene rings is 1. The van der Waals surface area contributed by atoms with Gasteiger partial charge in [-0.2, -0.15) is 5.26 Å². The number of hydrogen-bond donors (Lipinski definition) is 0. The highest BCUT2D eigenvalue weighted by atomic mass is 16.5. The van der Waals surface area contributed by atoms with Gasteiger partial charge in [-0.05, 0) is 18.2 Å². The van der Waals surface area contributed by atoms with Gasteiger partial charge in [0.2, 0.25) is 0 Å². The normalized spacial score (nSPS) is 10.0. The molecule has 0 saturated heterocycles.